The van der Waals surface area contributed by atoms with E-state index in [0.29, 0.717) is 17.7 Å². The van der Waals surface area contributed by atoms with Crippen molar-refractivity contribution in [1.82, 2.24) is 5.43 Å². The first kappa shape index (κ1) is 17.9. The number of carbonyl (C=O) groups excluding carboxylic acids is 1. The van der Waals surface area contributed by atoms with Crippen LogP contribution in [0.1, 0.15) is 27.0 Å². The highest BCUT2D eigenvalue weighted by Crippen LogP contribution is 2.13. The zero-order chi connectivity index (χ0) is 18.9. The molecule has 3 aromatic carbocycles. The van der Waals surface area contributed by atoms with Crippen LogP contribution in [-0.4, -0.2) is 12.1 Å². The third kappa shape index (κ3) is 5.28. The minimum Gasteiger partial charge on any atom is -0.489 e. The first-order valence-corrected chi connectivity index (χ1v) is 8.35. The molecule has 0 saturated carbocycles. The maximum atomic E-state index is 12.0. The second-order valence-corrected chi connectivity index (χ2v) is 5.73. The van der Waals surface area contributed by atoms with Crippen LogP contribution < -0.4 is 10.2 Å². The number of amides is 1. The number of nitriles is 1. The smallest absolute Gasteiger partial charge is 0.271 e. The molecule has 0 aromatic heterocycles. The Labute approximate surface area is 157 Å². The molecule has 0 unspecified atom stereocenters. The zero-order valence-electron chi connectivity index (χ0n) is 14.5. The normalized spacial score (nSPS) is 10.3. The number of ether oxygens (including phenoxy) is 1. The van der Waals surface area contributed by atoms with Crippen LogP contribution in [0.5, 0.6) is 5.75 Å². The van der Waals surface area contributed by atoms with Crippen molar-refractivity contribution in [2.45, 2.75) is 6.61 Å². The van der Waals surface area contributed by atoms with Crippen molar-refractivity contribution in [1.29, 1.82) is 5.26 Å². The first-order chi connectivity index (χ1) is 13.2. The Balaban J connectivity index is 1.51. The molecule has 0 aliphatic carbocycles. The van der Waals surface area contributed by atoms with E-state index in [2.05, 4.69) is 10.5 Å². The molecule has 1 N–H and O–H groups in total. The van der Waals surface area contributed by atoms with Gasteiger partial charge in [-0.2, -0.15) is 10.4 Å². The van der Waals surface area contributed by atoms with Crippen LogP contribution >= 0.6 is 0 Å². The van der Waals surface area contributed by atoms with E-state index in [1.54, 1.807) is 30.5 Å². The largest absolute Gasteiger partial charge is 0.489 e. The van der Waals surface area contributed by atoms with E-state index in [1.165, 1.54) is 0 Å². The Bertz CT molecular complexity index is 957. The Kier molecular flexibility index (Phi) is 5.95. The summed E-state index contributed by atoms with van der Waals surface area (Å²) >= 11 is 0. The lowest BCUT2D eigenvalue weighted by atomic mass is 10.1. The topological polar surface area (TPSA) is 74.5 Å². The maximum absolute atomic E-state index is 12.0. The van der Waals surface area contributed by atoms with E-state index in [-0.39, 0.29) is 5.91 Å². The van der Waals surface area contributed by atoms with E-state index in [9.17, 15) is 4.79 Å². The second kappa shape index (κ2) is 8.97. The van der Waals surface area contributed by atoms with Crippen LogP contribution in [0.3, 0.4) is 0 Å². The van der Waals surface area contributed by atoms with E-state index in [4.69, 9.17) is 10.00 Å². The molecule has 5 heteroatoms. The van der Waals surface area contributed by atoms with Gasteiger partial charge in [-0.1, -0.05) is 30.3 Å². The van der Waals surface area contributed by atoms with Crippen molar-refractivity contribution in [3.05, 3.63) is 101 Å². The highest BCUT2D eigenvalue weighted by Gasteiger charge is 2.03. The fourth-order valence-corrected chi connectivity index (χ4v) is 2.32. The number of nitrogens with zero attached hydrogens (tertiary/aromatic N) is 2. The van der Waals surface area contributed by atoms with Crippen LogP contribution in [-0.2, 0) is 6.61 Å². The molecule has 132 valence electrons. The Hall–Kier alpha value is -3.91. The van der Waals surface area contributed by atoms with Gasteiger partial charge in [0.1, 0.15) is 12.4 Å². The second-order valence-electron chi connectivity index (χ2n) is 5.73. The van der Waals surface area contributed by atoms with Crippen molar-refractivity contribution in [2.75, 3.05) is 0 Å². The molecule has 0 atom stereocenters. The molecule has 3 aromatic rings. The minimum absolute atomic E-state index is 0.335. The fourth-order valence-electron chi connectivity index (χ4n) is 2.32. The molecule has 0 spiro atoms. The van der Waals surface area contributed by atoms with Gasteiger partial charge in [0.2, 0.25) is 0 Å². The van der Waals surface area contributed by atoms with Crippen LogP contribution in [0, 0.1) is 11.3 Å². The van der Waals surface area contributed by atoms with Crippen LogP contribution in [0.4, 0.5) is 0 Å². The molecule has 0 fully saturated rings. The molecule has 1 amide bonds. The van der Waals surface area contributed by atoms with Gasteiger partial charge in [0.15, 0.2) is 0 Å². The van der Waals surface area contributed by atoms with Gasteiger partial charge in [0.25, 0.3) is 5.91 Å². The summed E-state index contributed by atoms with van der Waals surface area (Å²) in [5.74, 6) is 0.427. The molecule has 0 bridgehead atoms. The standard InChI is InChI=1S/C22H17N3O2/c23-14-17-6-10-20(11-7-17)22(26)25-24-15-18-8-12-21(13-9-18)27-16-19-4-2-1-3-5-19/h1-13,15H,16H2,(H,25,26)/b24-15-. The fraction of sp³-hybridized carbons (Fsp3) is 0.0455. The zero-order valence-corrected chi connectivity index (χ0v) is 14.5. The van der Waals surface area contributed by atoms with Crippen molar-refractivity contribution in [2.24, 2.45) is 5.10 Å². The van der Waals surface area contributed by atoms with Crippen LogP contribution in [0.2, 0.25) is 0 Å². The monoisotopic (exact) mass is 355 g/mol. The molecule has 0 saturated heterocycles. The number of nitrogens with one attached hydrogen (secondary N) is 1. The van der Waals surface area contributed by atoms with E-state index < -0.39 is 0 Å². The number of benzene rings is 3. The van der Waals surface area contributed by atoms with E-state index in [1.807, 2.05) is 60.7 Å². The van der Waals surface area contributed by atoms with Crippen molar-refractivity contribution < 1.29 is 9.53 Å². The molecule has 0 radical (unpaired) electrons. The summed E-state index contributed by atoms with van der Waals surface area (Å²) in [6.07, 6.45) is 1.56. The lowest BCUT2D eigenvalue weighted by Gasteiger charge is -2.06. The van der Waals surface area contributed by atoms with Gasteiger partial charge in [0.05, 0.1) is 17.8 Å². The molecule has 27 heavy (non-hydrogen) atoms. The van der Waals surface area contributed by atoms with E-state index in [0.717, 1.165) is 16.9 Å². The summed E-state index contributed by atoms with van der Waals surface area (Å²) in [4.78, 5) is 12.0. The number of hydrazone groups is 1. The lowest BCUT2D eigenvalue weighted by molar-refractivity contribution is 0.0955. The van der Waals surface area contributed by atoms with Gasteiger partial charge in [-0.05, 0) is 59.7 Å². The van der Waals surface area contributed by atoms with Gasteiger partial charge in [0, 0.05) is 5.56 Å². The average molecular weight is 355 g/mol. The Morgan fingerprint density at radius 2 is 1.70 bits per heavy atom. The van der Waals surface area contributed by atoms with Crippen LogP contribution in [0.25, 0.3) is 0 Å². The molecule has 0 heterocycles. The summed E-state index contributed by atoms with van der Waals surface area (Å²) in [5, 5.41) is 12.7. The summed E-state index contributed by atoms with van der Waals surface area (Å²) in [5.41, 5.74) is 5.35. The number of rotatable bonds is 6. The van der Waals surface area contributed by atoms with E-state index >= 15 is 0 Å². The molecule has 0 aliphatic rings. The Morgan fingerprint density at radius 3 is 2.37 bits per heavy atom. The predicted molar refractivity (Wildman–Crippen MR) is 103 cm³/mol. The Morgan fingerprint density at radius 1 is 1.00 bits per heavy atom. The van der Waals surface area contributed by atoms with Crippen molar-refractivity contribution in [3.8, 4) is 11.8 Å². The van der Waals surface area contributed by atoms with Gasteiger partial charge < -0.3 is 4.74 Å². The summed E-state index contributed by atoms with van der Waals surface area (Å²) in [6, 6.07) is 25.7. The van der Waals surface area contributed by atoms with Gasteiger partial charge in [-0.25, -0.2) is 5.43 Å². The van der Waals surface area contributed by atoms with Crippen molar-refractivity contribution in [3.63, 3.8) is 0 Å². The lowest BCUT2D eigenvalue weighted by Crippen LogP contribution is -2.17. The molecule has 3 rings (SSSR count). The quantitative estimate of drug-likeness (QED) is 0.538. The van der Waals surface area contributed by atoms with Gasteiger partial charge in [-0.3, -0.25) is 4.79 Å². The molecule has 0 aliphatic heterocycles. The van der Waals surface area contributed by atoms with Gasteiger partial charge in [-0.15, -0.1) is 0 Å². The molecular formula is C22H17N3O2. The maximum Gasteiger partial charge on any atom is 0.271 e. The molecular weight excluding hydrogens is 338 g/mol. The highest BCUT2D eigenvalue weighted by atomic mass is 16.5. The number of hydrogen-bond acceptors (Lipinski definition) is 4. The SMILES string of the molecule is N#Cc1ccc(C(=O)N/N=C\c2ccc(OCc3ccccc3)cc2)cc1. The average Bonchev–Trinajstić information content (AvgIpc) is 2.74. The minimum atomic E-state index is -0.335. The van der Waals surface area contributed by atoms with Crippen LogP contribution in [0.15, 0.2) is 84.0 Å². The third-order valence-electron chi connectivity index (χ3n) is 3.78. The third-order valence-corrected chi connectivity index (χ3v) is 3.78. The summed E-state index contributed by atoms with van der Waals surface area (Å²) in [6.45, 7) is 0.509. The summed E-state index contributed by atoms with van der Waals surface area (Å²) in [7, 11) is 0. The molecule has 5 nitrogen and oxygen atoms in total. The van der Waals surface area contributed by atoms with Gasteiger partial charge >= 0.3 is 0 Å². The van der Waals surface area contributed by atoms with Crippen molar-refractivity contribution >= 4 is 12.1 Å². The first-order valence-electron chi connectivity index (χ1n) is 8.35. The predicted octanol–water partition coefficient (Wildman–Crippen LogP) is 3.90. The highest BCUT2D eigenvalue weighted by molar-refractivity contribution is 5.94. The number of hydrogen-bond donors (Lipinski definition) is 1. The number of carbonyl (C=O) groups is 1. The summed E-state index contributed by atoms with van der Waals surface area (Å²) < 4.78 is 5.73.